The zero-order valence-electron chi connectivity index (χ0n) is 11.3. The summed E-state index contributed by atoms with van der Waals surface area (Å²) in [6, 6.07) is 5.01. The molecule has 2 rings (SSSR count). The molecule has 1 aromatic rings. The molecular weight excluding hydrogens is 287 g/mol. The van der Waals surface area contributed by atoms with E-state index in [1.54, 1.807) is 0 Å². The molecule has 0 amide bonds. The molecule has 0 aliphatic carbocycles. The number of halogens is 2. The van der Waals surface area contributed by atoms with Crippen LogP contribution in [0.25, 0.3) is 0 Å². The first-order chi connectivity index (χ1) is 7.59. The Balaban J connectivity index is 0.00000144. The van der Waals surface area contributed by atoms with E-state index in [9.17, 15) is 0 Å². The van der Waals surface area contributed by atoms with Gasteiger partial charge in [0.1, 0.15) is 0 Å². The van der Waals surface area contributed by atoms with Crippen LogP contribution in [-0.2, 0) is 0 Å². The van der Waals surface area contributed by atoms with Crippen molar-refractivity contribution in [2.75, 3.05) is 26.2 Å². The topological polar surface area (TPSA) is 15.3 Å². The average molecular weight is 311 g/mol. The van der Waals surface area contributed by atoms with Gasteiger partial charge >= 0.3 is 0 Å². The van der Waals surface area contributed by atoms with Gasteiger partial charge in [0.2, 0.25) is 0 Å². The van der Waals surface area contributed by atoms with Crippen molar-refractivity contribution in [3.63, 3.8) is 0 Å². The van der Waals surface area contributed by atoms with Crippen LogP contribution in [0.1, 0.15) is 31.7 Å². The Labute approximate surface area is 127 Å². The standard InChI is InChI=1S/C13H22N2S.2ClH/c1-13(2,3)12(11-5-4-10-16-11)15-8-6-14-7-9-15;;/h4-5,10,12,14H,6-9H2,1-3H3;2*1H/t12-;;/m0../s1. The second kappa shape index (κ2) is 7.71. The van der Waals surface area contributed by atoms with Crippen LogP contribution >= 0.6 is 36.2 Å². The van der Waals surface area contributed by atoms with Crippen LogP contribution in [0.15, 0.2) is 17.5 Å². The lowest BCUT2D eigenvalue weighted by molar-refractivity contribution is 0.0888. The largest absolute Gasteiger partial charge is 0.314 e. The number of hydrogen-bond donors (Lipinski definition) is 1. The van der Waals surface area contributed by atoms with E-state index >= 15 is 0 Å². The Morgan fingerprint density at radius 1 is 1.22 bits per heavy atom. The number of piperazine rings is 1. The van der Waals surface area contributed by atoms with Gasteiger partial charge in [0.15, 0.2) is 0 Å². The lowest BCUT2D eigenvalue weighted by Crippen LogP contribution is -2.48. The van der Waals surface area contributed by atoms with Crippen molar-refractivity contribution in [2.24, 2.45) is 5.41 Å². The van der Waals surface area contributed by atoms with E-state index in [2.05, 4.69) is 48.5 Å². The molecule has 1 aliphatic heterocycles. The van der Waals surface area contributed by atoms with Gasteiger partial charge in [0.25, 0.3) is 0 Å². The van der Waals surface area contributed by atoms with Crippen molar-refractivity contribution in [3.05, 3.63) is 22.4 Å². The summed E-state index contributed by atoms with van der Waals surface area (Å²) in [5.74, 6) is 0. The summed E-state index contributed by atoms with van der Waals surface area (Å²) in [6.45, 7) is 11.6. The molecule has 1 aromatic heterocycles. The summed E-state index contributed by atoms with van der Waals surface area (Å²) >= 11 is 1.89. The van der Waals surface area contributed by atoms with Crippen LogP contribution in [0.2, 0.25) is 0 Å². The molecule has 106 valence electrons. The maximum absolute atomic E-state index is 3.43. The van der Waals surface area contributed by atoms with Gasteiger partial charge in [-0.3, -0.25) is 4.90 Å². The van der Waals surface area contributed by atoms with Crippen molar-refractivity contribution in [3.8, 4) is 0 Å². The predicted octanol–water partition coefficient (Wildman–Crippen LogP) is 3.58. The molecule has 5 heteroatoms. The van der Waals surface area contributed by atoms with Crippen LogP contribution < -0.4 is 5.32 Å². The Kier molecular flexibility index (Phi) is 7.79. The number of thiophene rings is 1. The second-order valence-electron chi connectivity index (χ2n) is 5.57. The fourth-order valence-corrected chi connectivity index (χ4v) is 3.64. The number of rotatable bonds is 2. The molecule has 2 nitrogen and oxygen atoms in total. The molecule has 2 heterocycles. The molecule has 1 N–H and O–H groups in total. The van der Waals surface area contributed by atoms with E-state index in [1.807, 2.05) is 11.3 Å². The molecule has 0 radical (unpaired) electrons. The Morgan fingerprint density at radius 3 is 2.28 bits per heavy atom. The van der Waals surface area contributed by atoms with Crippen LogP contribution in [0.5, 0.6) is 0 Å². The fourth-order valence-electron chi connectivity index (χ4n) is 2.54. The first kappa shape index (κ1) is 18.2. The molecule has 18 heavy (non-hydrogen) atoms. The highest BCUT2D eigenvalue weighted by molar-refractivity contribution is 7.10. The summed E-state index contributed by atoms with van der Waals surface area (Å²) in [5.41, 5.74) is 0.308. The molecule has 1 atom stereocenters. The van der Waals surface area contributed by atoms with Crippen molar-refractivity contribution >= 4 is 36.2 Å². The van der Waals surface area contributed by atoms with Crippen LogP contribution in [0.3, 0.4) is 0 Å². The number of nitrogens with zero attached hydrogens (tertiary/aromatic N) is 1. The lowest BCUT2D eigenvalue weighted by atomic mass is 9.84. The minimum atomic E-state index is 0. The van der Waals surface area contributed by atoms with Crippen LogP contribution in [-0.4, -0.2) is 31.1 Å². The van der Waals surface area contributed by atoms with E-state index in [-0.39, 0.29) is 24.8 Å². The van der Waals surface area contributed by atoms with Gasteiger partial charge in [-0.05, 0) is 16.9 Å². The van der Waals surface area contributed by atoms with Gasteiger partial charge in [-0.1, -0.05) is 26.8 Å². The summed E-state index contributed by atoms with van der Waals surface area (Å²) in [5, 5.41) is 5.62. The predicted molar refractivity (Wildman–Crippen MR) is 85.5 cm³/mol. The van der Waals surface area contributed by atoms with Crippen molar-refractivity contribution in [2.45, 2.75) is 26.8 Å². The molecule has 1 aliphatic rings. The summed E-state index contributed by atoms with van der Waals surface area (Å²) in [6.07, 6.45) is 0. The Morgan fingerprint density at radius 2 is 1.83 bits per heavy atom. The van der Waals surface area contributed by atoms with Gasteiger partial charge in [-0.2, -0.15) is 0 Å². The zero-order chi connectivity index (χ0) is 11.6. The smallest absolute Gasteiger partial charge is 0.0490 e. The quantitative estimate of drug-likeness (QED) is 0.898. The summed E-state index contributed by atoms with van der Waals surface area (Å²) in [7, 11) is 0. The Hall–Kier alpha value is 0.200. The molecule has 0 aromatic carbocycles. The molecule has 0 unspecified atom stereocenters. The van der Waals surface area contributed by atoms with Gasteiger partial charge < -0.3 is 5.32 Å². The molecule has 1 fully saturated rings. The average Bonchev–Trinajstić information content (AvgIpc) is 2.71. The highest BCUT2D eigenvalue weighted by Crippen LogP contribution is 2.39. The minimum absolute atomic E-state index is 0. The first-order valence-corrected chi connectivity index (χ1v) is 6.95. The van der Waals surface area contributed by atoms with E-state index in [1.165, 1.54) is 18.0 Å². The third kappa shape index (κ3) is 4.39. The fraction of sp³-hybridized carbons (Fsp3) is 0.692. The third-order valence-corrected chi connectivity index (χ3v) is 4.07. The summed E-state index contributed by atoms with van der Waals surface area (Å²) < 4.78 is 0. The maximum Gasteiger partial charge on any atom is 0.0490 e. The van der Waals surface area contributed by atoms with Crippen molar-refractivity contribution < 1.29 is 0 Å². The van der Waals surface area contributed by atoms with E-state index in [4.69, 9.17) is 0 Å². The molecular formula is C13H24Cl2N2S. The van der Waals surface area contributed by atoms with Gasteiger partial charge in [-0.15, -0.1) is 36.2 Å². The van der Waals surface area contributed by atoms with E-state index < -0.39 is 0 Å². The molecule has 0 bridgehead atoms. The minimum Gasteiger partial charge on any atom is -0.314 e. The molecule has 1 saturated heterocycles. The van der Waals surface area contributed by atoms with Gasteiger partial charge in [0.05, 0.1) is 0 Å². The maximum atomic E-state index is 3.43. The van der Waals surface area contributed by atoms with Crippen molar-refractivity contribution in [1.29, 1.82) is 0 Å². The van der Waals surface area contributed by atoms with Crippen molar-refractivity contribution in [1.82, 2.24) is 10.2 Å². The number of hydrogen-bond acceptors (Lipinski definition) is 3. The van der Waals surface area contributed by atoms with E-state index in [0.29, 0.717) is 11.5 Å². The first-order valence-electron chi connectivity index (χ1n) is 6.07. The highest BCUT2D eigenvalue weighted by atomic mass is 35.5. The summed E-state index contributed by atoms with van der Waals surface area (Å²) in [4.78, 5) is 4.14. The number of nitrogens with one attached hydrogen (secondary N) is 1. The highest BCUT2D eigenvalue weighted by Gasteiger charge is 2.32. The second-order valence-corrected chi connectivity index (χ2v) is 6.55. The normalized spacial score (nSPS) is 18.6. The van der Waals surface area contributed by atoms with E-state index in [0.717, 1.165) is 13.1 Å². The monoisotopic (exact) mass is 310 g/mol. The van der Waals surface area contributed by atoms with Gasteiger partial charge in [-0.25, -0.2) is 0 Å². The van der Waals surface area contributed by atoms with Crippen LogP contribution in [0, 0.1) is 5.41 Å². The molecule has 0 spiro atoms. The van der Waals surface area contributed by atoms with Gasteiger partial charge in [0, 0.05) is 37.1 Å². The third-order valence-electron chi connectivity index (χ3n) is 3.15. The SMILES string of the molecule is CC(C)(C)[C@H](c1cccs1)N1CCNCC1.Cl.Cl. The van der Waals surface area contributed by atoms with Crippen LogP contribution in [0.4, 0.5) is 0 Å². The zero-order valence-corrected chi connectivity index (χ0v) is 13.8. The Bertz CT molecular complexity index is 316. The molecule has 0 saturated carbocycles. The lowest BCUT2D eigenvalue weighted by Gasteiger charge is -2.41.